The fourth-order valence-electron chi connectivity index (χ4n) is 4.02. The molecule has 0 saturated heterocycles. The van der Waals surface area contributed by atoms with Crippen LogP contribution >= 0.6 is 0 Å². The molecular weight excluding hydrogens is 390 g/mol. The van der Waals surface area contributed by atoms with Gasteiger partial charge in [-0.15, -0.1) is 0 Å². The second-order valence-electron chi connectivity index (χ2n) is 8.04. The third kappa shape index (κ3) is 4.67. The molecule has 0 amide bonds. The molecule has 2 aromatic rings. The smallest absolute Gasteiger partial charge is 0.177 e. The van der Waals surface area contributed by atoms with E-state index in [0.29, 0.717) is 16.7 Å². The zero-order chi connectivity index (χ0) is 22.7. The van der Waals surface area contributed by atoms with Crippen LogP contribution in [0.2, 0.25) is 0 Å². The SMILES string of the molecule is CCN(CC)Cc1ccc(/C(O)=C2/C(=O)C(C(C)=O)Cc3ccc(C(C)=O)cc32)cc1. The summed E-state index contributed by atoms with van der Waals surface area (Å²) in [5.74, 6) is -1.73. The largest absolute Gasteiger partial charge is 0.507 e. The highest BCUT2D eigenvalue weighted by Crippen LogP contribution is 2.37. The number of aliphatic hydroxyl groups is 1. The number of hydrogen-bond donors (Lipinski definition) is 1. The van der Waals surface area contributed by atoms with E-state index in [2.05, 4.69) is 18.7 Å². The van der Waals surface area contributed by atoms with Crippen molar-refractivity contribution in [2.45, 2.75) is 40.7 Å². The lowest BCUT2D eigenvalue weighted by Gasteiger charge is -2.25. The number of fused-ring (bicyclic) bond motifs is 1. The summed E-state index contributed by atoms with van der Waals surface area (Å²) in [5, 5.41) is 11.1. The Bertz CT molecular complexity index is 1050. The van der Waals surface area contributed by atoms with Gasteiger partial charge in [0.15, 0.2) is 11.6 Å². The van der Waals surface area contributed by atoms with E-state index in [1.165, 1.54) is 13.8 Å². The third-order valence-corrected chi connectivity index (χ3v) is 6.03. The summed E-state index contributed by atoms with van der Waals surface area (Å²) in [4.78, 5) is 39.5. The Morgan fingerprint density at radius 2 is 1.61 bits per heavy atom. The molecule has 0 spiro atoms. The highest BCUT2D eigenvalue weighted by Gasteiger charge is 2.36. The summed E-state index contributed by atoms with van der Waals surface area (Å²) in [6, 6.07) is 12.6. The van der Waals surface area contributed by atoms with Crippen LogP contribution in [0.15, 0.2) is 42.5 Å². The van der Waals surface area contributed by atoms with Gasteiger partial charge in [-0.05, 0) is 56.1 Å². The Morgan fingerprint density at radius 1 is 1.00 bits per heavy atom. The molecule has 0 heterocycles. The molecule has 1 unspecified atom stereocenters. The highest BCUT2D eigenvalue weighted by atomic mass is 16.3. The summed E-state index contributed by atoms with van der Waals surface area (Å²) < 4.78 is 0. The molecule has 1 aliphatic rings. The summed E-state index contributed by atoms with van der Waals surface area (Å²) >= 11 is 0. The van der Waals surface area contributed by atoms with Crippen LogP contribution in [-0.4, -0.2) is 40.4 Å². The molecule has 0 radical (unpaired) electrons. The van der Waals surface area contributed by atoms with Crippen LogP contribution in [0.1, 0.15) is 60.3 Å². The molecule has 0 saturated carbocycles. The molecule has 1 aliphatic carbocycles. The lowest BCUT2D eigenvalue weighted by atomic mass is 9.76. The minimum absolute atomic E-state index is 0.112. The van der Waals surface area contributed by atoms with Crippen molar-refractivity contribution >= 4 is 28.7 Å². The topological polar surface area (TPSA) is 74.7 Å². The van der Waals surface area contributed by atoms with E-state index in [0.717, 1.165) is 30.8 Å². The molecular formula is C26H29NO4. The van der Waals surface area contributed by atoms with E-state index in [-0.39, 0.29) is 29.3 Å². The van der Waals surface area contributed by atoms with Gasteiger partial charge in [0.2, 0.25) is 0 Å². The van der Waals surface area contributed by atoms with E-state index in [1.807, 2.05) is 12.1 Å². The van der Waals surface area contributed by atoms with E-state index in [9.17, 15) is 19.5 Å². The standard InChI is InChI=1S/C26H29NO4/c1-5-27(6-2)15-18-7-9-19(10-8-18)25(30)24-23-13-20(16(3)28)11-12-21(23)14-22(17(4)29)26(24)31/h7-13,22,30H,5-6,14-15H2,1-4H3/b25-24-. The molecule has 2 aromatic carbocycles. The highest BCUT2D eigenvalue weighted by molar-refractivity contribution is 6.33. The van der Waals surface area contributed by atoms with Gasteiger partial charge in [-0.1, -0.05) is 50.2 Å². The molecule has 3 rings (SSSR count). The minimum Gasteiger partial charge on any atom is -0.507 e. The second-order valence-corrected chi connectivity index (χ2v) is 8.04. The van der Waals surface area contributed by atoms with Crippen molar-refractivity contribution in [2.24, 2.45) is 5.92 Å². The first-order valence-corrected chi connectivity index (χ1v) is 10.7. The number of carbonyl (C=O) groups is 3. The maximum absolute atomic E-state index is 13.2. The summed E-state index contributed by atoms with van der Waals surface area (Å²) in [6.45, 7) is 9.78. The van der Waals surface area contributed by atoms with E-state index in [4.69, 9.17) is 0 Å². The number of rotatable bonds is 7. The molecule has 0 fully saturated rings. The van der Waals surface area contributed by atoms with Gasteiger partial charge in [-0.3, -0.25) is 19.3 Å². The van der Waals surface area contributed by atoms with Crippen LogP contribution in [0.25, 0.3) is 11.3 Å². The molecule has 0 bridgehead atoms. The first kappa shape index (κ1) is 22.6. The van der Waals surface area contributed by atoms with Gasteiger partial charge in [-0.2, -0.15) is 0 Å². The lowest BCUT2D eigenvalue weighted by Crippen LogP contribution is -2.30. The second kappa shape index (κ2) is 9.40. The molecule has 0 aliphatic heterocycles. The van der Waals surface area contributed by atoms with Crippen LogP contribution < -0.4 is 0 Å². The first-order valence-electron chi connectivity index (χ1n) is 10.7. The monoisotopic (exact) mass is 419 g/mol. The van der Waals surface area contributed by atoms with Crippen LogP contribution in [0.3, 0.4) is 0 Å². The zero-order valence-electron chi connectivity index (χ0n) is 18.6. The van der Waals surface area contributed by atoms with Crippen molar-refractivity contribution in [3.63, 3.8) is 0 Å². The number of ketones is 3. The Kier molecular flexibility index (Phi) is 6.86. The van der Waals surface area contributed by atoms with Crippen LogP contribution in [-0.2, 0) is 22.6 Å². The number of nitrogens with zero attached hydrogens (tertiary/aromatic N) is 1. The van der Waals surface area contributed by atoms with Crippen LogP contribution in [0, 0.1) is 5.92 Å². The quantitative estimate of drug-likeness (QED) is 0.310. The van der Waals surface area contributed by atoms with Crippen LogP contribution in [0.5, 0.6) is 0 Å². The van der Waals surface area contributed by atoms with Gasteiger partial charge in [-0.25, -0.2) is 0 Å². The van der Waals surface area contributed by atoms with Crippen LogP contribution in [0.4, 0.5) is 0 Å². The number of carbonyl (C=O) groups excluding carboxylic acids is 3. The Balaban J connectivity index is 2.09. The van der Waals surface area contributed by atoms with Gasteiger partial charge in [0.1, 0.15) is 11.5 Å². The van der Waals surface area contributed by atoms with E-state index >= 15 is 0 Å². The molecule has 0 aromatic heterocycles. The fourth-order valence-corrected chi connectivity index (χ4v) is 4.02. The minimum atomic E-state index is -0.824. The number of hydrogen-bond acceptors (Lipinski definition) is 5. The Hall–Kier alpha value is -3.05. The normalized spacial score (nSPS) is 17.5. The Morgan fingerprint density at radius 3 is 2.16 bits per heavy atom. The van der Waals surface area contributed by atoms with E-state index in [1.54, 1.807) is 30.3 Å². The average Bonchev–Trinajstić information content (AvgIpc) is 2.76. The number of benzene rings is 2. The van der Waals surface area contributed by atoms with Gasteiger partial charge in [0.25, 0.3) is 0 Å². The summed E-state index contributed by atoms with van der Waals surface area (Å²) in [7, 11) is 0. The van der Waals surface area contributed by atoms with Gasteiger partial charge >= 0.3 is 0 Å². The zero-order valence-corrected chi connectivity index (χ0v) is 18.6. The van der Waals surface area contributed by atoms with Gasteiger partial charge < -0.3 is 5.11 Å². The van der Waals surface area contributed by atoms with Crippen molar-refractivity contribution in [1.82, 2.24) is 4.90 Å². The van der Waals surface area contributed by atoms with Crippen molar-refractivity contribution in [3.05, 3.63) is 70.3 Å². The molecule has 31 heavy (non-hydrogen) atoms. The molecule has 5 nitrogen and oxygen atoms in total. The Labute approximate surface area is 183 Å². The van der Waals surface area contributed by atoms with Crippen molar-refractivity contribution < 1.29 is 19.5 Å². The third-order valence-electron chi connectivity index (χ3n) is 6.03. The lowest BCUT2D eigenvalue weighted by molar-refractivity contribution is -0.128. The number of Topliss-reactive ketones (excluding diaryl/α,β-unsaturated/α-hetero) is 3. The summed E-state index contributed by atoms with van der Waals surface area (Å²) in [6.07, 6.45) is 0.279. The molecule has 162 valence electrons. The predicted molar refractivity (Wildman–Crippen MR) is 122 cm³/mol. The maximum Gasteiger partial charge on any atom is 0.177 e. The predicted octanol–water partition coefficient (Wildman–Crippen LogP) is 4.49. The van der Waals surface area contributed by atoms with E-state index < -0.39 is 11.7 Å². The van der Waals surface area contributed by atoms with Crippen molar-refractivity contribution in [2.75, 3.05) is 13.1 Å². The number of allylic oxidation sites excluding steroid dienone is 1. The van der Waals surface area contributed by atoms with Gasteiger partial charge in [0, 0.05) is 17.7 Å². The molecule has 1 N–H and O–H groups in total. The van der Waals surface area contributed by atoms with Gasteiger partial charge in [0.05, 0.1) is 11.5 Å². The molecule has 1 atom stereocenters. The van der Waals surface area contributed by atoms with Crippen molar-refractivity contribution in [3.8, 4) is 0 Å². The number of aliphatic hydroxyl groups excluding tert-OH is 1. The summed E-state index contributed by atoms with van der Waals surface area (Å²) in [5.41, 5.74) is 3.51. The first-order chi connectivity index (χ1) is 14.8. The maximum atomic E-state index is 13.2. The van der Waals surface area contributed by atoms with Crippen molar-refractivity contribution in [1.29, 1.82) is 0 Å². The molecule has 5 heteroatoms. The fraction of sp³-hybridized carbons (Fsp3) is 0.346. The average molecular weight is 420 g/mol.